The molecule has 0 radical (unpaired) electrons. The maximum atomic E-state index is 12.6. The molecule has 0 atom stereocenters. The van der Waals surface area contributed by atoms with E-state index in [1.165, 1.54) is 6.08 Å². The molecule has 0 nitrogen and oxygen atoms in total. The van der Waals surface area contributed by atoms with Gasteiger partial charge < -0.3 is 0 Å². The molecule has 16 heavy (non-hydrogen) atoms. The quantitative estimate of drug-likeness (QED) is 0.723. The molecule has 2 aromatic rings. The van der Waals surface area contributed by atoms with E-state index in [0.29, 0.717) is 0 Å². The molecule has 0 saturated heterocycles. The lowest BCUT2D eigenvalue weighted by Crippen LogP contribution is -1.77. The highest BCUT2D eigenvalue weighted by Crippen LogP contribution is 2.21. The van der Waals surface area contributed by atoms with Gasteiger partial charge in [0.25, 0.3) is 0 Å². The van der Waals surface area contributed by atoms with Gasteiger partial charge in [-0.3, -0.25) is 0 Å². The Morgan fingerprint density at radius 2 is 1.44 bits per heavy atom. The van der Waals surface area contributed by atoms with Gasteiger partial charge >= 0.3 is 0 Å². The van der Waals surface area contributed by atoms with Crippen LogP contribution >= 0.6 is 15.9 Å². The minimum atomic E-state index is -0.361. The van der Waals surface area contributed by atoms with Crippen LogP contribution in [0.15, 0.2) is 59.3 Å². The normalized spacial score (nSPS) is 11.5. The molecule has 0 aliphatic carbocycles. The van der Waals surface area contributed by atoms with Crippen LogP contribution in [0.3, 0.4) is 0 Å². The van der Waals surface area contributed by atoms with Gasteiger partial charge in [-0.2, -0.15) is 4.39 Å². The number of halogens is 2. The first-order chi connectivity index (χ1) is 7.75. The third-order valence-electron chi connectivity index (χ3n) is 2.29. The summed E-state index contributed by atoms with van der Waals surface area (Å²) in [7, 11) is 0. The van der Waals surface area contributed by atoms with Crippen LogP contribution in [0.2, 0.25) is 0 Å². The molecule has 0 heterocycles. The summed E-state index contributed by atoms with van der Waals surface area (Å²) < 4.78 is 12.2. The van der Waals surface area contributed by atoms with E-state index in [4.69, 9.17) is 0 Å². The van der Waals surface area contributed by atoms with E-state index >= 15 is 0 Å². The van der Waals surface area contributed by atoms with Crippen molar-refractivity contribution in [2.24, 2.45) is 0 Å². The predicted octanol–water partition coefficient (Wildman–Crippen LogP) is 5.02. The minimum Gasteiger partial charge on any atom is -0.199 e. The summed E-state index contributed by atoms with van der Waals surface area (Å²) in [6.07, 6.45) is 1.44. The lowest BCUT2D eigenvalue weighted by atomic mass is 10.0. The van der Waals surface area contributed by atoms with E-state index in [9.17, 15) is 4.39 Å². The summed E-state index contributed by atoms with van der Waals surface area (Å²) in [4.78, 5) is 0. The van der Waals surface area contributed by atoms with Gasteiger partial charge in [0.1, 0.15) is 0 Å². The molecule has 2 aromatic carbocycles. The summed E-state index contributed by atoms with van der Waals surface area (Å²) in [6.45, 7) is 0. The zero-order valence-corrected chi connectivity index (χ0v) is 10.1. The van der Waals surface area contributed by atoms with Crippen LogP contribution in [0.25, 0.3) is 17.2 Å². The molecule has 0 bridgehead atoms. The molecular formula is C14H10BrF. The Hall–Kier alpha value is -1.41. The van der Waals surface area contributed by atoms with Crippen LogP contribution in [-0.2, 0) is 0 Å². The summed E-state index contributed by atoms with van der Waals surface area (Å²) in [6, 6.07) is 17.8. The van der Waals surface area contributed by atoms with Crippen LogP contribution in [0, 0.1) is 0 Å². The molecule has 2 rings (SSSR count). The summed E-state index contributed by atoms with van der Waals surface area (Å²) in [5.74, 6) is 0. The molecule has 0 saturated carbocycles. The summed E-state index contributed by atoms with van der Waals surface area (Å²) in [5, 5.41) is 0. The zero-order chi connectivity index (χ0) is 11.4. The second kappa shape index (κ2) is 5.08. The van der Waals surface area contributed by atoms with E-state index in [0.717, 1.165) is 16.7 Å². The highest BCUT2D eigenvalue weighted by Gasteiger charge is 1.96. The van der Waals surface area contributed by atoms with Gasteiger partial charge in [0.2, 0.25) is 0 Å². The molecule has 0 unspecified atom stereocenters. The fraction of sp³-hybridized carbons (Fsp3) is 0. The minimum absolute atomic E-state index is 0.361. The Labute approximate surface area is 103 Å². The Balaban J connectivity index is 2.30. The highest BCUT2D eigenvalue weighted by atomic mass is 79.9. The topological polar surface area (TPSA) is 0 Å². The smallest absolute Gasteiger partial charge is 0.166 e. The Morgan fingerprint density at radius 3 is 2.00 bits per heavy atom. The van der Waals surface area contributed by atoms with Crippen molar-refractivity contribution < 1.29 is 4.39 Å². The maximum Gasteiger partial charge on any atom is 0.166 e. The molecule has 0 N–H and O–H groups in total. The van der Waals surface area contributed by atoms with E-state index in [1.54, 1.807) is 0 Å². The molecule has 0 aliphatic rings. The lowest BCUT2D eigenvalue weighted by Gasteiger charge is -2.01. The van der Waals surface area contributed by atoms with Gasteiger partial charge in [-0.1, -0.05) is 54.6 Å². The number of benzene rings is 2. The molecule has 0 spiro atoms. The third kappa shape index (κ3) is 2.80. The van der Waals surface area contributed by atoms with Crippen LogP contribution in [0.1, 0.15) is 5.56 Å². The van der Waals surface area contributed by atoms with Crippen LogP contribution < -0.4 is 0 Å². The van der Waals surface area contributed by atoms with Gasteiger partial charge in [0.05, 0.1) is 0 Å². The van der Waals surface area contributed by atoms with E-state index in [-0.39, 0.29) is 4.74 Å². The van der Waals surface area contributed by atoms with Crippen LogP contribution in [0.4, 0.5) is 4.39 Å². The van der Waals surface area contributed by atoms with Crippen molar-refractivity contribution in [3.05, 3.63) is 64.9 Å². The van der Waals surface area contributed by atoms with Gasteiger partial charge in [-0.25, -0.2) is 0 Å². The van der Waals surface area contributed by atoms with Crippen molar-refractivity contribution in [2.75, 3.05) is 0 Å². The second-order valence-corrected chi connectivity index (χ2v) is 4.18. The van der Waals surface area contributed by atoms with Gasteiger partial charge in [0.15, 0.2) is 4.74 Å². The first-order valence-electron chi connectivity index (χ1n) is 4.94. The SMILES string of the molecule is F/C(Br)=C/c1ccc(-c2ccccc2)cc1. The van der Waals surface area contributed by atoms with Gasteiger partial charge in [-0.05, 0) is 38.7 Å². The van der Waals surface area contributed by atoms with Crippen molar-refractivity contribution >= 4 is 22.0 Å². The van der Waals surface area contributed by atoms with Crippen molar-refractivity contribution in [2.45, 2.75) is 0 Å². The lowest BCUT2D eigenvalue weighted by molar-refractivity contribution is 0.712. The van der Waals surface area contributed by atoms with Crippen LogP contribution in [-0.4, -0.2) is 0 Å². The molecular weight excluding hydrogens is 267 g/mol. The first kappa shape index (κ1) is 11.1. The fourth-order valence-electron chi connectivity index (χ4n) is 1.53. The first-order valence-corrected chi connectivity index (χ1v) is 5.73. The number of hydrogen-bond acceptors (Lipinski definition) is 0. The van der Waals surface area contributed by atoms with Crippen molar-refractivity contribution in [3.8, 4) is 11.1 Å². The fourth-order valence-corrected chi connectivity index (χ4v) is 1.79. The molecule has 2 heteroatoms. The van der Waals surface area contributed by atoms with Crippen molar-refractivity contribution in [1.82, 2.24) is 0 Å². The van der Waals surface area contributed by atoms with E-state index in [1.807, 2.05) is 42.5 Å². The van der Waals surface area contributed by atoms with E-state index < -0.39 is 0 Å². The monoisotopic (exact) mass is 276 g/mol. The molecule has 80 valence electrons. The summed E-state index contributed by atoms with van der Waals surface area (Å²) >= 11 is 2.77. The Morgan fingerprint density at radius 1 is 0.875 bits per heavy atom. The zero-order valence-electron chi connectivity index (χ0n) is 8.53. The number of rotatable bonds is 2. The highest BCUT2D eigenvalue weighted by molar-refractivity contribution is 9.11. The molecule has 0 amide bonds. The maximum absolute atomic E-state index is 12.6. The average Bonchev–Trinajstić information content (AvgIpc) is 2.30. The average molecular weight is 277 g/mol. The van der Waals surface area contributed by atoms with Crippen LogP contribution in [0.5, 0.6) is 0 Å². The second-order valence-electron chi connectivity index (χ2n) is 3.42. The van der Waals surface area contributed by atoms with Gasteiger partial charge in [-0.15, -0.1) is 0 Å². The predicted molar refractivity (Wildman–Crippen MR) is 69.9 cm³/mol. The standard InChI is InChI=1S/C14H10BrF/c15-14(16)10-11-6-8-13(9-7-11)12-4-2-1-3-5-12/h1-10H/b14-10+. The molecule has 0 aliphatic heterocycles. The van der Waals surface area contributed by atoms with Gasteiger partial charge in [0, 0.05) is 0 Å². The van der Waals surface area contributed by atoms with Crippen molar-refractivity contribution in [3.63, 3.8) is 0 Å². The largest absolute Gasteiger partial charge is 0.199 e. The summed E-state index contributed by atoms with van der Waals surface area (Å²) in [5.41, 5.74) is 3.14. The van der Waals surface area contributed by atoms with E-state index in [2.05, 4.69) is 28.1 Å². The van der Waals surface area contributed by atoms with Crippen molar-refractivity contribution in [1.29, 1.82) is 0 Å². The Bertz CT molecular complexity index is 482. The third-order valence-corrected chi connectivity index (χ3v) is 2.52. The molecule has 0 fully saturated rings. The molecule has 0 aromatic heterocycles. The Kier molecular flexibility index (Phi) is 3.52. The number of hydrogen-bond donors (Lipinski definition) is 0.